The highest BCUT2D eigenvalue weighted by Gasteiger charge is 2.41. The first-order chi connectivity index (χ1) is 15.0. The normalized spacial score (nSPS) is 18.0. The molecule has 1 aliphatic heterocycles. The van der Waals surface area contributed by atoms with Gasteiger partial charge in [-0.3, -0.25) is 9.59 Å². The second-order valence-corrected chi connectivity index (χ2v) is 8.12. The monoisotopic (exact) mass is 444 g/mol. The van der Waals surface area contributed by atoms with Crippen molar-refractivity contribution in [3.63, 3.8) is 0 Å². The SMILES string of the molecule is CCCCNC(=O)[C@@H]1CN(C(=O)c2cccc(Cl)c2)C[C@H]1c1ccc(OC)cc1OC. The molecule has 0 aliphatic carbocycles. The van der Waals surface area contributed by atoms with Gasteiger partial charge in [0.2, 0.25) is 5.91 Å². The lowest BCUT2D eigenvalue weighted by molar-refractivity contribution is -0.124. The molecular weight excluding hydrogens is 416 g/mol. The van der Waals surface area contributed by atoms with E-state index in [1.165, 1.54) is 0 Å². The molecule has 0 bridgehead atoms. The van der Waals surface area contributed by atoms with Gasteiger partial charge >= 0.3 is 0 Å². The van der Waals surface area contributed by atoms with Crippen LogP contribution in [0.1, 0.15) is 41.6 Å². The van der Waals surface area contributed by atoms with Gasteiger partial charge in [-0.15, -0.1) is 0 Å². The molecule has 1 saturated heterocycles. The van der Waals surface area contributed by atoms with E-state index in [-0.39, 0.29) is 23.7 Å². The van der Waals surface area contributed by atoms with Gasteiger partial charge < -0.3 is 19.7 Å². The van der Waals surface area contributed by atoms with E-state index >= 15 is 0 Å². The average molecular weight is 445 g/mol. The number of carbonyl (C=O) groups is 2. The van der Waals surface area contributed by atoms with Gasteiger partial charge in [0.05, 0.1) is 20.1 Å². The van der Waals surface area contributed by atoms with Gasteiger partial charge in [0.15, 0.2) is 0 Å². The maximum atomic E-state index is 13.1. The van der Waals surface area contributed by atoms with Crippen molar-refractivity contribution in [2.45, 2.75) is 25.7 Å². The lowest BCUT2D eigenvalue weighted by atomic mass is 9.87. The van der Waals surface area contributed by atoms with Crippen LogP contribution >= 0.6 is 11.6 Å². The quantitative estimate of drug-likeness (QED) is 0.621. The highest BCUT2D eigenvalue weighted by molar-refractivity contribution is 6.30. The van der Waals surface area contributed by atoms with Gasteiger partial charge in [0, 0.05) is 47.8 Å². The Morgan fingerprint density at radius 2 is 1.94 bits per heavy atom. The molecule has 2 aromatic carbocycles. The van der Waals surface area contributed by atoms with E-state index in [0.29, 0.717) is 41.7 Å². The summed E-state index contributed by atoms with van der Waals surface area (Å²) in [6.07, 6.45) is 1.92. The van der Waals surface area contributed by atoms with Crippen molar-refractivity contribution in [2.24, 2.45) is 5.92 Å². The Morgan fingerprint density at radius 1 is 1.13 bits per heavy atom. The van der Waals surface area contributed by atoms with Crippen LogP contribution in [0.3, 0.4) is 0 Å². The molecule has 0 radical (unpaired) electrons. The Labute approximate surface area is 188 Å². The molecule has 3 rings (SSSR count). The average Bonchev–Trinajstić information content (AvgIpc) is 3.23. The van der Waals surface area contributed by atoms with Gasteiger partial charge in [0.1, 0.15) is 11.5 Å². The summed E-state index contributed by atoms with van der Waals surface area (Å²) in [6.45, 7) is 3.46. The van der Waals surface area contributed by atoms with Crippen LogP contribution in [0.15, 0.2) is 42.5 Å². The molecule has 2 aromatic rings. The number of methoxy groups -OCH3 is 2. The van der Waals surface area contributed by atoms with Crippen molar-refractivity contribution in [3.05, 3.63) is 58.6 Å². The number of likely N-dealkylation sites (tertiary alicyclic amines) is 1. The van der Waals surface area contributed by atoms with Crippen molar-refractivity contribution < 1.29 is 19.1 Å². The van der Waals surface area contributed by atoms with E-state index in [2.05, 4.69) is 12.2 Å². The smallest absolute Gasteiger partial charge is 0.253 e. The van der Waals surface area contributed by atoms with Gasteiger partial charge in [-0.25, -0.2) is 0 Å². The van der Waals surface area contributed by atoms with Gasteiger partial charge in [-0.2, -0.15) is 0 Å². The number of amides is 2. The van der Waals surface area contributed by atoms with Crippen LogP contribution in [-0.4, -0.2) is 50.6 Å². The number of hydrogen-bond acceptors (Lipinski definition) is 4. The van der Waals surface area contributed by atoms with Crippen molar-refractivity contribution in [1.82, 2.24) is 10.2 Å². The summed E-state index contributed by atoms with van der Waals surface area (Å²) < 4.78 is 10.9. The van der Waals surface area contributed by atoms with Gasteiger partial charge in [-0.05, 0) is 30.7 Å². The number of unbranched alkanes of at least 4 members (excludes halogenated alkanes) is 1. The third-order valence-corrected chi connectivity index (χ3v) is 5.92. The number of nitrogens with zero attached hydrogens (tertiary/aromatic N) is 1. The molecule has 0 unspecified atom stereocenters. The number of nitrogens with one attached hydrogen (secondary N) is 1. The maximum Gasteiger partial charge on any atom is 0.253 e. The molecule has 166 valence electrons. The van der Waals surface area contributed by atoms with Crippen LogP contribution in [0.5, 0.6) is 11.5 Å². The van der Waals surface area contributed by atoms with Gasteiger partial charge in [-0.1, -0.05) is 37.1 Å². The molecule has 7 heteroatoms. The first-order valence-electron chi connectivity index (χ1n) is 10.5. The third kappa shape index (κ3) is 5.31. The Balaban J connectivity index is 1.90. The second kappa shape index (κ2) is 10.5. The van der Waals surface area contributed by atoms with E-state index in [0.717, 1.165) is 18.4 Å². The summed E-state index contributed by atoms with van der Waals surface area (Å²) in [4.78, 5) is 27.9. The number of carbonyl (C=O) groups excluding carboxylic acids is 2. The third-order valence-electron chi connectivity index (χ3n) is 5.69. The largest absolute Gasteiger partial charge is 0.497 e. The van der Waals surface area contributed by atoms with Crippen molar-refractivity contribution in [2.75, 3.05) is 33.9 Å². The standard InChI is InChI=1S/C24H29ClN2O4/c1-4-5-11-26-23(28)21-15-27(24(29)16-7-6-8-17(25)12-16)14-20(21)19-10-9-18(30-2)13-22(19)31-3/h6-10,12-13,20-21H,4-5,11,14-15H2,1-3H3,(H,26,28)/t20-,21+/m0/s1. The fraction of sp³-hybridized carbons (Fsp3) is 0.417. The first-order valence-corrected chi connectivity index (χ1v) is 10.9. The van der Waals surface area contributed by atoms with Crippen LogP contribution in [-0.2, 0) is 4.79 Å². The molecule has 0 spiro atoms. The minimum Gasteiger partial charge on any atom is -0.497 e. The topological polar surface area (TPSA) is 67.9 Å². The van der Waals surface area contributed by atoms with E-state index in [1.54, 1.807) is 43.4 Å². The molecule has 6 nitrogen and oxygen atoms in total. The maximum absolute atomic E-state index is 13.1. The zero-order chi connectivity index (χ0) is 22.4. The zero-order valence-electron chi connectivity index (χ0n) is 18.2. The summed E-state index contributed by atoms with van der Waals surface area (Å²) in [6, 6.07) is 12.5. The summed E-state index contributed by atoms with van der Waals surface area (Å²) in [7, 11) is 3.19. The molecule has 2 amide bonds. The van der Waals surface area contributed by atoms with Crippen molar-refractivity contribution >= 4 is 23.4 Å². The Bertz CT molecular complexity index is 934. The number of halogens is 1. The first kappa shape index (κ1) is 22.9. The fourth-order valence-electron chi connectivity index (χ4n) is 4.00. The molecule has 2 atom stereocenters. The molecule has 1 aliphatic rings. The minimum absolute atomic E-state index is 0.0438. The van der Waals surface area contributed by atoms with E-state index < -0.39 is 0 Å². The highest BCUT2D eigenvalue weighted by atomic mass is 35.5. The number of rotatable bonds is 8. The predicted molar refractivity (Wildman–Crippen MR) is 121 cm³/mol. The van der Waals surface area contributed by atoms with E-state index in [4.69, 9.17) is 21.1 Å². The second-order valence-electron chi connectivity index (χ2n) is 7.69. The zero-order valence-corrected chi connectivity index (χ0v) is 18.9. The van der Waals surface area contributed by atoms with Crippen LogP contribution in [0.25, 0.3) is 0 Å². The number of benzene rings is 2. The molecular formula is C24H29ClN2O4. The highest BCUT2D eigenvalue weighted by Crippen LogP contribution is 2.39. The summed E-state index contributed by atoms with van der Waals surface area (Å²) >= 11 is 6.08. The van der Waals surface area contributed by atoms with E-state index in [9.17, 15) is 9.59 Å². The predicted octanol–water partition coefficient (Wildman–Crippen LogP) is 4.13. The summed E-state index contributed by atoms with van der Waals surface area (Å²) in [5, 5.41) is 3.54. The molecule has 0 aromatic heterocycles. The van der Waals surface area contributed by atoms with E-state index in [1.807, 2.05) is 18.2 Å². The van der Waals surface area contributed by atoms with Crippen LogP contribution in [0, 0.1) is 5.92 Å². The fourth-order valence-corrected chi connectivity index (χ4v) is 4.19. The Hall–Kier alpha value is -2.73. The molecule has 1 heterocycles. The van der Waals surface area contributed by atoms with Crippen LogP contribution in [0.2, 0.25) is 5.02 Å². The Kier molecular flexibility index (Phi) is 7.80. The molecule has 1 fully saturated rings. The lowest BCUT2D eigenvalue weighted by Crippen LogP contribution is -2.36. The molecule has 31 heavy (non-hydrogen) atoms. The summed E-state index contributed by atoms with van der Waals surface area (Å²) in [5.74, 6) is 0.580. The summed E-state index contributed by atoms with van der Waals surface area (Å²) in [5.41, 5.74) is 1.40. The number of ether oxygens (including phenoxy) is 2. The van der Waals surface area contributed by atoms with Crippen LogP contribution < -0.4 is 14.8 Å². The minimum atomic E-state index is -0.373. The van der Waals surface area contributed by atoms with Crippen molar-refractivity contribution in [1.29, 1.82) is 0 Å². The van der Waals surface area contributed by atoms with Crippen LogP contribution in [0.4, 0.5) is 0 Å². The number of hydrogen-bond donors (Lipinski definition) is 1. The van der Waals surface area contributed by atoms with Crippen molar-refractivity contribution in [3.8, 4) is 11.5 Å². The Morgan fingerprint density at radius 3 is 2.61 bits per heavy atom. The molecule has 0 saturated carbocycles. The molecule has 1 N–H and O–H groups in total. The van der Waals surface area contributed by atoms with Gasteiger partial charge in [0.25, 0.3) is 5.91 Å². The lowest BCUT2D eigenvalue weighted by Gasteiger charge is -2.21.